The van der Waals surface area contributed by atoms with Crippen LogP contribution in [0.25, 0.3) is 0 Å². The molecular formula is C10H17N3OS. The summed E-state index contributed by atoms with van der Waals surface area (Å²) >= 11 is 5.26. The van der Waals surface area contributed by atoms with Crippen LogP contribution in [0.4, 0.5) is 0 Å². The third-order valence-corrected chi connectivity index (χ3v) is 3.04. The first-order chi connectivity index (χ1) is 7.33. The molecule has 1 aliphatic rings. The molecule has 1 aromatic heterocycles. The van der Waals surface area contributed by atoms with Gasteiger partial charge in [0.25, 0.3) is 0 Å². The molecule has 0 aromatic carbocycles. The van der Waals surface area contributed by atoms with Crippen molar-refractivity contribution < 1.29 is 4.74 Å². The third kappa shape index (κ3) is 2.29. The second kappa shape index (κ2) is 4.90. The van der Waals surface area contributed by atoms with Crippen molar-refractivity contribution in [2.24, 2.45) is 0 Å². The smallest absolute Gasteiger partial charge is 0.195 e. The molecule has 0 radical (unpaired) electrons. The van der Waals surface area contributed by atoms with E-state index in [1.54, 1.807) is 0 Å². The van der Waals surface area contributed by atoms with Crippen LogP contribution in [0.15, 0.2) is 0 Å². The monoisotopic (exact) mass is 227 g/mol. The van der Waals surface area contributed by atoms with Crippen LogP contribution in [0.3, 0.4) is 0 Å². The van der Waals surface area contributed by atoms with Gasteiger partial charge in [-0.15, -0.1) is 0 Å². The van der Waals surface area contributed by atoms with Crippen LogP contribution < -0.4 is 0 Å². The maximum absolute atomic E-state index is 5.49. The minimum absolute atomic E-state index is 0.381. The molecule has 0 amide bonds. The van der Waals surface area contributed by atoms with E-state index in [9.17, 15) is 0 Å². The van der Waals surface area contributed by atoms with E-state index in [1.807, 2.05) is 0 Å². The minimum Gasteiger partial charge on any atom is -0.379 e. The molecule has 5 heteroatoms. The van der Waals surface area contributed by atoms with Crippen LogP contribution in [0.2, 0.25) is 0 Å². The molecule has 0 saturated carbocycles. The summed E-state index contributed by atoms with van der Waals surface area (Å²) in [5.41, 5.74) is 0. The number of aromatic amines is 1. The molecule has 1 N–H and O–H groups in total. The van der Waals surface area contributed by atoms with Gasteiger partial charge in [0.05, 0.1) is 12.6 Å². The summed E-state index contributed by atoms with van der Waals surface area (Å²) in [6, 6.07) is 0.381. The predicted octanol–water partition coefficient (Wildman–Crippen LogP) is 2.24. The van der Waals surface area contributed by atoms with Crippen molar-refractivity contribution >= 4 is 12.2 Å². The van der Waals surface area contributed by atoms with Gasteiger partial charge in [-0.05, 0) is 31.5 Å². The Hall–Kier alpha value is -0.680. The normalized spacial score (nSPS) is 21.8. The number of hydrogen-bond donors (Lipinski definition) is 1. The number of aromatic nitrogens is 3. The van der Waals surface area contributed by atoms with Gasteiger partial charge < -0.3 is 4.74 Å². The van der Waals surface area contributed by atoms with Crippen LogP contribution in [0.5, 0.6) is 0 Å². The fraction of sp³-hybridized carbons (Fsp3) is 0.800. The highest BCUT2D eigenvalue weighted by atomic mass is 32.1. The van der Waals surface area contributed by atoms with E-state index in [-0.39, 0.29) is 0 Å². The van der Waals surface area contributed by atoms with Gasteiger partial charge in [0.2, 0.25) is 0 Å². The Balaban J connectivity index is 2.24. The molecule has 0 spiro atoms. The summed E-state index contributed by atoms with van der Waals surface area (Å²) in [4.78, 5) is 0. The second-order valence-electron chi connectivity index (χ2n) is 3.94. The third-order valence-electron chi connectivity index (χ3n) is 2.75. The Morgan fingerprint density at radius 3 is 3.20 bits per heavy atom. The van der Waals surface area contributed by atoms with E-state index in [4.69, 9.17) is 17.0 Å². The lowest BCUT2D eigenvalue weighted by Crippen LogP contribution is -2.23. The maximum Gasteiger partial charge on any atom is 0.195 e. The molecule has 1 aliphatic heterocycles. The lowest BCUT2D eigenvalue weighted by Gasteiger charge is -2.24. The van der Waals surface area contributed by atoms with Crippen molar-refractivity contribution in [3.05, 3.63) is 10.6 Å². The summed E-state index contributed by atoms with van der Waals surface area (Å²) in [6.45, 7) is 3.80. The van der Waals surface area contributed by atoms with Crippen LogP contribution >= 0.6 is 12.2 Å². The lowest BCUT2D eigenvalue weighted by atomic mass is 10.1. The van der Waals surface area contributed by atoms with Gasteiger partial charge in [0.15, 0.2) is 4.77 Å². The van der Waals surface area contributed by atoms with Crippen LogP contribution in [0.1, 0.15) is 38.1 Å². The first-order valence-corrected chi connectivity index (χ1v) is 5.97. The molecule has 2 rings (SSSR count). The molecule has 1 saturated heterocycles. The molecule has 15 heavy (non-hydrogen) atoms. The Bertz CT molecular complexity index is 365. The fourth-order valence-corrected chi connectivity index (χ4v) is 2.34. The van der Waals surface area contributed by atoms with Crippen molar-refractivity contribution in [2.75, 3.05) is 13.2 Å². The number of nitrogens with zero attached hydrogens (tertiary/aromatic N) is 2. The second-order valence-corrected chi connectivity index (χ2v) is 4.32. The predicted molar refractivity (Wildman–Crippen MR) is 60.5 cm³/mol. The standard InChI is InChI=1S/C10H17N3OS/c1-2-4-9-11-12-10(15)13(9)8-5-3-6-14-7-8/h8H,2-7H2,1H3,(H,12,15). The largest absolute Gasteiger partial charge is 0.379 e. The first kappa shape index (κ1) is 10.8. The highest BCUT2D eigenvalue weighted by Gasteiger charge is 2.19. The van der Waals surface area contributed by atoms with Gasteiger partial charge in [-0.3, -0.25) is 9.67 Å². The van der Waals surface area contributed by atoms with Gasteiger partial charge in [-0.2, -0.15) is 5.10 Å². The number of ether oxygens (including phenoxy) is 1. The van der Waals surface area contributed by atoms with E-state index in [0.29, 0.717) is 6.04 Å². The summed E-state index contributed by atoms with van der Waals surface area (Å²) in [6.07, 6.45) is 4.32. The van der Waals surface area contributed by atoms with Gasteiger partial charge in [0.1, 0.15) is 5.82 Å². The molecule has 1 atom stereocenters. The zero-order valence-electron chi connectivity index (χ0n) is 9.03. The highest BCUT2D eigenvalue weighted by molar-refractivity contribution is 7.71. The molecule has 1 fully saturated rings. The zero-order chi connectivity index (χ0) is 10.7. The van der Waals surface area contributed by atoms with Gasteiger partial charge in [-0.1, -0.05) is 6.92 Å². The van der Waals surface area contributed by atoms with E-state index >= 15 is 0 Å². The van der Waals surface area contributed by atoms with Gasteiger partial charge in [0, 0.05) is 13.0 Å². The minimum atomic E-state index is 0.381. The van der Waals surface area contributed by atoms with Crippen LogP contribution in [-0.2, 0) is 11.2 Å². The number of hydrogen-bond acceptors (Lipinski definition) is 3. The molecule has 1 unspecified atom stereocenters. The highest BCUT2D eigenvalue weighted by Crippen LogP contribution is 2.21. The van der Waals surface area contributed by atoms with Crippen LogP contribution in [-0.4, -0.2) is 28.0 Å². The molecule has 0 aliphatic carbocycles. The summed E-state index contributed by atoms with van der Waals surface area (Å²) < 4.78 is 8.35. The average molecular weight is 227 g/mol. The zero-order valence-corrected chi connectivity index (χ0v) is 9.85. The SMILES string of the molecule is CCCc1n[nH]c(=S)n1C1CCCOC1. The fourth-order valence-electron chi connectivity index (χ4n) is 2.04. The van der Waals surface area contributed by atoms with E-state index in [2.05, 4.69) is 21.7 Å². The Morgan fingerprint density at radius 1 is 1.67 bits per heavy atom. The van der Waals surface area contributed by atoms with Crippen molar-refractivity contribution in [3.63, 3.8) is 0 Å². The van der Waals surface area contributed by atoms with E-state index in [0.717, 1.165) is 49.5 Å². The number of aryl methyl sites for hydroxylation is 1. The van der Waals surface area contributed by atoms with Crippen molar-refractivity contribution in [2.45, 2.75) is 38.6 Å². The number of rotatable bonds is 3. The summed E-state index contributed by atoms with van der Waals surface area (Å²) in [5, 5.41) is 7.15. The van der Waals surface area contributed by atoms with Gasteiger partial charge in [-0.25, -0.2) is 0 Å². The van der Waals surface area contributed by atoms with Crippen molar-refractivity contribution in [1.82, 2.24) is 14.8 Å². The molecule has 4 nitrogen and oxygen atoms in total. The quantitative estimate of drug-likeness (QED) is 0.805. The van der Waals surface area contributed by atoms with Crippen molar-refractivity contribution in [1.29, 1.82) is 0 Å². The van der Waals surface area contributed by atoms with Crippen molar-refractivity contribution in [3.8, 4) is 0 Å². The first-order valence-electron chi connectivity index (χ1n) is 5.56. The maximum atomic E-state index is 5.49. The Labute approximate surface area is 94.6 Å². The van der Waals surface area contributed by atoms with Crippen LogP contribution in [0, 0.1) is 4.77 Å². The van der Waals surface area contributed by atoms with Gasteiger partial charge >= 0.3 is 0 Å². The molecule has 84 valence electrons. The topological polar surface area (TPSA) is 42.8 Å². The molecular weight excluding hydrogens is 210 g/mol. The van der Waals surface area contributed by atoms with E-state index in [1.165, 1.54) is 0 Å². The molecule has 1 aromatic rings. The molecule has 0 bridgehead atoms. The lowest BCUT2D eigenvalue weighted by molar-refractivity contribution is 0.0576. The number of nitrogens with one attached hydrogen (secondary N) is 1. The Kier molecular flexibility index (Phi) is 3.53. The van der Waals surface area contributed by atoms with E-state index < -0.39 is 0 Å². The average Bonchev–Trinajstić information content (AvgIpc) is 2.62. The summed E-state index contributed by atoms with van der Waals surface area (Å²) in [5.74, 6) is 1.07. The molecule has 2 heterocycles. The Morgan fingerprint density at radius 2 is 2.53 bits per heavy atom. The summed E-state index contributed by atoms with van der Waals surface area (Å²) in [7, 11) is 0. The number of H-pyrrole nitrogens is 1.